The molecule has 0 radical (unpaired) electrons. The second-order valence-corrected chi connectivity index (χ2v) is 4.74. The molecular weight excluding hydrogens is 204 g/mol. The molecule has 1 aromatic heterocycles. The molecule has 0 atom stereocenters. The van der Waals surface area contributed by atoms with Crippen molar-refractivity contribution in [3.05, 3.63) is 17.3 Å². The molecule has 3 rings (SSSR count). The van der Waals surface area contributed by atoms with Gasteiger partial charge in [-0.15, -0.1) is 0 Å². The van der Waals surface area contributed by atoms with E-state index in [4.69, 9.17) is 14.1 Å². The van der Waals surface area contributed by atoms with Gasteiger partial charge in [0.05, 0.1) is 11.6 Å². The highest BCUT2D eigenvalue weighted by Crippen LogP contribution is 2.31. The van der Waals surface area contributed by atoms with Crippen LogP contribution < -0.4 is 5.32 Å². The summed E-state index contributed by atoms with van der Waals surface area (Å²) in [6.07, 6.45) is 2.16. The summed E-state index contributed by atoms with van der Waals surface area (Å²) in [5, 5.41) is 3.25. The maximum atomic E-state index is 5.78. The van der Waals surface area contributed by atoms with Crippen LogP contribution in [0.4, 0.5) is 0 Å². The van der Waals surface area contributed by atoms with E-state index in [1.165, 1.54) is 5.69 Å². The Hall–Kier alpha value is -0.870. The fourth-order valence-corrected chi connectivity index (χ4v) is 2.42. The molecule has 0 aliphatic carbocycles. The van der Waals surface area contributed by atoms with Gasteiger partial charge < -0.3 is 14.5 Å². The average Bonchev–Trinajstić information content (AvgIpc) is 2.59. The van der Waals surface area contributed by atoms with Gasteiger partial charge in [-0.2, -0.15) is 0 Å². The maximum absolute atomic E-state index is 5.78. The Kier molecular flexibility index (Phi) is 2.69. The lowest BCUT2D eigenvalue weighted by Crippen LogP contribution is -2.40. The molecule has 2 fully saturated rings. The van der Waals surface area contributed by atoms with Crippen LogP contribution in [-0.2, 0) is 4.74 Å². The number of hydrogen-bond acceptors (Lipinski definition) is 4. The average molecular weight is 222 g/mol. The Morgan fingerprint density at radius 1 is 1.19 bits per heavy atom. The number of hydrogen-bond donors (Lipinski definition) is 1. The minimum absolute atomic E-state index is 0.493. The smallest absolute Gasteiger partial charge is 0.200 e. The number of nitrogens with zero attached hydrogens (tertiary/aromatic N) is 1. The van der Waals surface area contributed by atoms with E-state index < -0.39 is 0 Å². The van der Waals surface area contributed by atoms with Gasteiger partial charge in [0.25, 0.3) is 0 Å². The van der Waals surface area contributed by atoms with Gasteiger partial charge in [-0.05, 0) is 19.8 Å². The predicted octanol–water partition coefficient (Wildman–Crippen LogP) is 1.56. The molecule has 88 valence electrons. The summed E-state index contributed by atoms with van der Waals surface area (Å²) in [5.74, 6) is 2.97. The maximum Gasteiger partial charge on any atom is 0.200 e. The Morgan fingerprint density at radius 2 is 1.94 bits per heavy atom. The largest absolute Gasteiger partial charge is 0.445 e. The van der Waals surface area contributed by atoms with Crippen LogP contribution in [0.25, 0.3) is 0 Å². The van der Waals surface area contributed by atoms with E-state index in [1.807, 2.05) is 6.92 Å². The molecule has 3 heterocycles. The van der Waals surface area contributed by atoms with E-state index >= 15 is 0 Å². The first-order valence-corrected chi connectivity index (χ1v) is 6.10. The molecule has 0 saturated carbocycles. The van der Waals surface area contributed by atoms with Crippen molar-refractivity contribution < 1.29 is 9.15 Å². The number of nitrogens with one attached hydrogen (secondary N) is 1. The van der Waals surface area contributed by atoms with Crippen molar-refractivity contribution in [1.82, 2.24) is 10.3 Å². The molecule has 0 spiro atoms. The van der Waals surface area contributed by atoms with Crippen LogP contribution in [0.3, 0.4) is 0 Å². The zero-order valence-electron chi connectivity index (χ0n) is 9.66. The van der Waals surface area contributed by atoms with Crippen molar-refractivity contribution in [2.45, 2.75) is 31.6 Å². The van der Waals surface area contributed by atoms with Crippen LogP contribution in [0.2, 0.25) is 0 Å². The van der Waals surface area contributed by atoms with Crippen molar-refractivity contribution in [2.24, 2.45) is 0 Å². The minimum atomic E-state index is 0.493. The van der Waals surface area contributed by atoms with Gasteiger partial charge in [0, 0.05) is 32.2 Å². The summed E-state index contributed by atoms with van der Waals surface area (Å²) in [6.45, 7) is 5.77. The number of aryl methyl sites for hydroxylation is 1. The van der Waals surface area contributed by atoms with Gasteiger partial charge in [0.1, 0.15) is 5.76 Å². The third-order valence-electron chi connectivity index (χ3n) is 3.59. The van der Waals surface area contributed by atoms with Gasteiger partial charge in [-0.25, -0.2) is 4.98 Å². The first-order valence-electron chi connectivity index (χ1n) is 6.10. The Labute approximate surface area is 95.4 Å². The summed E-state index contributed by atoms with van der Waals surface area (Å²) < 4.78 is 11.2. The van der Waals surface area contributed by atoms with Crippen molar-refractivity contribution in [2.75, 3.05) is 26.3 Å². The van der Waals surface area contributed by atoms with Crippen LogP contribution in [-0.4, -0.2) is 31.3 Å². The van der Waals surface area contributed by atoms with Crippen LogP contribution in [0.1, 0.15) is 42.0 Å². The minimum Gasteiger partial charge on any atom is -0.445 e. The van der Waals surface area contributed by atoms with E-state index in [0.717, 1.165) is 50.8 Å². The van der Waals surface area contributed by atoms with Crippen LogP contribution in [0.5, 0.6) is 0 Å². The molecule has 0 amide bonds. The molecule has 2 saturated heterocycles. The standard InChI is InChI=1S/C12H18N2O2/c1-8-11(9-2-4-15-5-3-9)14-12(16-8)10-6-13-7-10/h9-10,13H,2-7H2,1H3. The molecule has 0 unspecified atom stereocenters. The zero-order chi connectivity index (χ0) is 11.0. The van der Waals surface area contributed by atoms with E-state index in [2.05, 4.69) is 5.32 Å². The molecular formula is C12H18N2O2. The highest BCUT2D eigenvalue weighted by Gasteiger charge is 2.28. The Morgan fingerprint density at radius 3 is 2.56 bits per heavy atom. The number of ether oxygens (including phenoxy) is 1. The molecule has 1 aromatic rings. The van der Waals surface area contributed by atoms with Crippen molar-refractivity contribution in [3.63, 3.8) is 0 Å². The second-order valence-electron chi connectivity index (χ2n) is 4.74. The van der Waals surface area contributed by atoms with Crippen molar-refractivity contribution in [3.8, 4) is 0 Å². The third kappa shape index (κ3) is 1.76. The topological polar surface area (TPSA) is 47.3 Å². The van der Waals surface area contributed by atoms with Crippen molar-refractivity contribution in [1.29, 1.82) is 0 Å². The molecule has 2 aliphatic heterocycles. The highest BCUT2D eigenvalue weighted by molar-refractivity contribution is 5.17. The van der Waals surface area contributed by atoms with Gasteiger partial charge in [-0.1, -0.05) is 0 Å². The monoisotopic (exact) mass is 222 g/mol. The van der Waals surface area contributed by atoms with Gasteiger partial charge in [0.2, 0.25) is 0 Å². The van der Waals surface area contributed by atoms with Crippen molar-refractivity contribution >= 4 is 0 Å². The highest BCUT2D eigenvalue weighted by atomic mass is 16.5. The normalized spacial score (nSPS) is 23.3. The summed E-state index contributed by atoms with van der Waals surface area (Å²) in [4.78, 5) is 4.69. The molecule has 4 heteroatoms. The summed E-state index contributed by atoms with van der Waals surface area (Å²) >= 11 is 0. The Bertz CT molecular complexity index is 365. The van der Waals surface area contributed by atoms with Gasteiger partial charge >= 0.3 is 0 Å². The molecule has 0 aromatic carbocycles. The predicted molar refractivity (Wildman–Crippen MR) is 59.6 cm³/mol. The van der Waals surface area contributed by atoms with E-state index in [1.54, 1.807) is 0 Å². The summed E-state index contributed by atoms with van der Waals surface area (Å²) in [5.41, 5.74) is 1.17. The zero-order valence-corrected chi connectivity index (χ0v) is 9.66. The van der Waals surface area contributed by atoms with Crippen LogP contribution in [0.15, 0.2) is 4.42 Å². The lowest BCUT2D eigenvalue weighted by molar-refractivity contribution is 0.0843. The molecule has 4 nitrogen and oxygen atoms in total. The Balaban J connectivity index is 1.79. The molecule has 2 aliphatic rings. The molecule has 16 heavy (non-hydrogen) atoms. The first kappa shape index (κ1) is 10.3. The number of aromatic nitrogens is 1. The first-order chi connectivity index (χ1) is 7.84. The quantitative estimate of drug-likeness (QED) is 0.825. The summed E-state index contributed by atoms with van der Waals surface area (Å²) in [6, 6.07) is 0. The van der Waals surface area contributed by atoms with E-state index in [0.29, 0.717) is 11.8 Å². The number of rotatable bonds is 2. The van der Waals surface area contributed by atoms with E-state index in [-0.39, 0.29) is 0 Å². The second kappa shape index (κ2) is 4.18. The lowest BCUT2D eigenvalue weighted by atomic mass is 9.95. The lowest BCUT2D eigenvalue weighted by Gasteiger charge is -2.23. The van der Waals surface area contributed by atoms with Crippen LogP contribution in [0, 0.1) is 6.92 Å². The van der Waals surface area contributed by atoms with E-state index in [9.17, 15) is 0 Å². The number of oxazole rings is 1. The van der Waals surface area contributed by atoms with Crippen LogP contribution >= 0.6 is 0 Å². The fraction of sp³-hybridized carbons (Fsp3) is 0.750. The summed E-state index contributed by atoms with van der Waals surface area (Å²) in [7, 11) is 0. The van der Waals surface area contributed by atoms with Gasteiger partial charge in [0.15, 0.2) is 5.89 Å². The molecule has 1 N–H and O–H groups in total. The van der Waals surface area contributed by atoms with Gasteiger partial charge in [-0.3, -0.25) is 0 Å². The SMILES string of the molecule is Cc1oc(C2CNC2)nc1C1CCOCC1. The fourth-order valence-electron chi connectivity index (χ4n) is 2.42. The molecule has 0 bridgehead atoms. The third-order valence-corrected chi connectivity index (χ3v) is 3.59.